The summed E-state index contributed by atoms with van der Waals surface area (Å²) in [6, 6.07) is 11.7. The van der Waals surface area contributed by atoms with Crippen LogP contribution in [0, 0.1) is 5.41 Å². The number of hydrogen-bond acceptors (Lipinski definition) is 5. The lowest BCUT2D eigenvalue weighted by Crippen LogP contribution is -2.33. The van der Waals surface area contributed by atoms with Gasteiger partial charge in [-0.25, -0.2) is 10.0 Å². The van der Waals surface area contributed by atoms with Crippen molar-refractivity contribution in [3.05, 3.63) is 48.5 Å². The topological polar surface area (TPSA) is 98.1 Å². The van der Waals surface area contributed by atoms with Gasteiger partial charge in [0.15, 0.2) is 11.5 Å². The summed E-state index contributed by atoms with van der Waals surface area (Å²) in [5, 5.41) is 21.8. The van der Waals surface area contributed by atoms with Crippen molar-refractivity contribution in [2.45, 2.75) is 6.18 Å². The first-order valence-corrected chi connectivity index (χ1v) is 7.05. The maximum absolute atomic E-state index is 13.3. The van der Waals surface area contributed by atoms with Gasteiger partial charge >= 0.3 is 6.18 Å². The van der Waals surface area contributed by atoms with Crippen molar-refractivity contribution in [1.82, 2.24) is 0 Å². The number of nitrogens with one attached hydrogen (secondary N) is 1. The number of halogens is 3. The maximum atomic E-state index is 13.3. The van der Waals surface area contributed by atoms with E-state index in [1.807, 2.05) is 0 Å². The zero-order chi connectivity index (χ0) is 18.2. The molecule has 0 aliphatic carbocycles. The van der Waals surface area contributed by atoms with Gasteiger partial charge in [-0.15, -0.1) is 0 Å². The molecule has 25 heavy (non-hydrogen) atoms. The first-order valence-electron chi connectivity index (χ1n) is 7.05. The predicted molar refractivity (Wildman–Crippen MR) is 89.8 cm³/mol. The van der Waals surface area contributed by atoms with Crippen LogP contribution in [0.5, 0.6) is 5.75 Å². The van der Waals surface area contributed by atoms with Crippen LogP contribution in [0.2, 0.25) is 0 Å². The quantitative estimate of drug-likeness (QED) is 0.726. The number of nitrogens with two attached hydrogens (primary N) is 1. The Morgan fingerprint density at radius 1 is 1.12 bits per heavy atom. The molecule has 6 nitrogen and oxygen atoms in total. The van der Waals surface area contributed by atoms with Crippen molar-refractivity contribution in [2.24, 2.45) is 10.1 Å². The predicted octanol–water partition coefficient (Wildman–Crippen LogP) is 3.46. The molecule has 0 saturated carbocycles. The fourth-order valence-corrected chi connectivity index (χ4v) is 2.23. The lowest BCUT2D eigenvalue weighted by Gasteiger charge is -2.13. The zero-order valence-electron chi connectivity index (χ0n) is 12.6. The molecular formula is C16H12F3N5O. The fourth-order valence-electron chi connectivity index (χ4n) is 2.23. The molecule has 0 bridgehead atoms. The van der Waals surface area contributed by atoms with Crippen LogP contribution in [0.4, 0.5) is 30.2 Å². The summed E-state index contributed by atoms with van der Waals surface area (Å²) in [7, 11) is 0. The van der Waals surface area contributed by atoms with Gasteiger partial charge in [0.1, 0.15) is 11.5 Å². The van der Waals surface area contributed by atoms with Crippen LogP contribution in [-0.4, -0.2) is 28.5 Å². The van der Waals surface area contributed by atoms with Gasteiger partial charge < -0.3 is 10.8 Å². The minimum absolute atomic E-state index is 0.00408. The largest absolute Gasteiger partial charge is 0.508 e. The van der Waals surface area contributed by atoms with Crippen molar-refractivity contribution in [2.75, 3.05) is 10.7 Å². The smallest absolute Gasteiger partial charge is 0.437 e. The number of hydrogen-bond donors (Lipinski definition) is 3. The van der Waals surface area contributed by atoms with Crippen molar-refractivity contribution in [1.29, 1.82) is 5.41 Å². The highest BCUT2D eigenvalue weighted by Gasteiger charge is 2.46. The van der Waals surface area contributed by atoms with Crippen molar-refractivity contribution in [3.8, 4) is 5.75 Å². The van der Waals surface area contributed by atoms with Gasteiger partial charge in [0, 0.05) is 6.07 Å². The number of nitrogens with zero attached hydrogens (tertiary/aromatic N) is 3. The molecule has 0 saturated heterocycles. The number of hydrazone groups is 1. The Morgan fingerprint density at radius 3 is 2.40 bits per heavy atom. The van der Waals surface area contributed by atoms with Gasteiger partial charge in [0.25, 0.3) is 0 Å². The number of aliphatic imine (C=N–C) groups is 1. The van der Waals surface area contributed by atoms with E-state index in [0.29, 0.717) is 5.69 Å². The lowest BCUT2D eigenvalue weighted by atomic mass is 10.2. The second kappa shape index (κ2) is 5.93. The summed E-state index contributed by atoms with van der Waals surface area (Å²) in [5.74, 6) is -0.662. The Kier molecular flexibility index (Phi) is 3.91. The summed E-state index contributed by atoms with van der Waals surface area (Å²) < 4.78 is 40.0. The molecule has 0 fully saturated rings. The molecule has 1 heterocycles. The highest BCUT2D eigenvalue weighted by atomic mass is 19.4. The standard InChI is InChI=1S/C16H12F3N5O/c17-16(18,19)14-13(22-12-7-6-10(25)8-11(12)20)15(21)24(23-14)9-4-2-1-3-5-9/h1-8,21,25H,20H2. The molecule has 0 aromatic heterocycles. The first kappa shape index (κ1) is 16.5. The summed E-state index contributed by atoms with van der Waals surface area (Å²) in [6.07, 6.45) is -4.79. The van der Waals surface area contributed by atoms with Gasteiger partial charge in [-0.3, -0.25) is 5.41 Å². The Morgan fingerprint density at radius 2 is 1.80 bits per heavy atom. The van der Waals surface area contributed by atoms with E-state index in [1.165, 1.54) is 24.3 Å². The lowest BCUT2D eigenvalue weighted by molar-refractivity contribution is -0.0565. The third kappa shape index (κ3) is 3.16. The van der Waals surface area contributed by atoms with E-state index >= 15 is 0 Å². The van der Waals surface area contributed by atoms with E-state index in [4.69, 9.17) is 11.1 Å². The highest BCUT2D eigenvalue weighted by molar-refractivity contribution is 6.73. The van der Waals surface area contributed by atoms with Gasteiger partial charge in [-0.2, -0.15) is 18.3 Å². The van der Waals surface area contributed by atoms with Crippen LogP contribution in [0.1, 0.15) is 0 Å². The minimum atomic E-state index is -4.79. The molecule has 0 unspecified atom stereocenters. The number of benzene rings is 2. The molecule has 2 aromatic carbocycles. The first-order chi connectivity index (χ1) is 11.8. The molecule has 0 spiro atoms. The third-order valence-corrected chi connectivity index (χ3v) is 3.37. The van der Waals surface area contributed by atoms with E-state index in [-0.39, 0.29) is 17.1 Å². The summed E-state index contributed by atoms with van der Waals surface area (Å²) in [6.45, 7) is 0. The summed E-state index contributed by atoms with van der Waals surface area (Å²) in [5.41, 5.74) is 4.04. The van der Waals surface area contributed by atoms with Gasteiger partial charge in [-0.05, 0) is 24.3 Å². The fraction of sp³-hybridized carbons (Fsp3) is 0.0625. The van der Waals surface area contributed by atoms with E-state index in [9.17, 15) is 18.3 Å². The molecule has 0 amide bonds. The molecule has 1 aliphatic heterocycles. The van der Waals surface area contributed by atoms with E-state index in [2.05, 4.69) is 10.1 Å². The van der Waals surface area contributed by atoms with E-state index < -0.39 is 23.4 Å². The third-order valence-electron chi connectivity index (χ3n) is 3.37. The number of amidine groups is 1. The number of rotatable bonds is 2. The maximum Gasteiger partial charge on any atom is 0.437 e. The highest BCUT2D eigenvalue weighted by Crippen LogP contribution is 2.31. The normalized spacial score (nSPS) is 16.4. The van der Waals surface area contributed by atoms with Crippen LogP contribution in [-0.2, 0) is 0 Å². The minimum Gasteiger partial charge on any atom is -0.508 e. The average molecular weight is 347 g/mol. The molecule has 2 aromatic rings. The SMILES string of the molecule is N=C1C(=Nc2ccc(O)cc2N)C(C(F)(F)F)=NN1c1ccccc1. The average Bonchev–Trinajstić information content (AvgIpc) is 2.88. The van der Waals surface area contributed by atoms with Crippen molar-refractivity contribution < 1.29 is 18.3 Å². The second-order valence-electron chi connectivity index (χ2n) is 5.15. The molecule has 0 atom stereocenters. The van der Waals surface area contributed by atoms with Gasteiger partial charge in [0.2, 0.25) is 0 Å². The number of alkyl halides is 3. The van der Waals surface area contributed by atoms with Crippen LogP contribution < -0.4 is 10.7 Å². The Bertz CT molecular complexity index is 890. The monoisotopic (exact) mass is 347 g/mol. The molecular weight excluding hydrogens is 335 g/mol. The van der Waals surface area contributed by atoms with Crippen LogP contribution in [0.25, 0.3) is 0 Å². The van der Waals surface area contributed by atoms with Gasteiger partial charge in [0.05, 0.1) is 17.1 Å². The van der Waals surface area contributed by atoms with E-state index in [0.717, 1.165) is 11.1 Å². The Labute approximate surface area is 140 Å². The zero-order valence-corrected chi connectivity index (χ0v) is 12.6. The molecule has 128 valence electrons. The summed E-state index contributed by atoms with van der Waals surface area (Å²) >= 11 is 0. The molecule has 3 rings (SSSR count). The van der Waals surface area contributed by atoms with Crippen LogP contribution >= 0.6 is 0 Å². The number of nitrogen functional groups attached to an aromatic ring is 1. The molecule has 4 N–H and O–H groups in total. The number of para-hydroxylation sites is 1. The summed E-state index contributed by atoms with van der Waals surface area (Å²) in [4.78, 5) is 3.87. The second-order valence-corrected chi connectivity index (χ2v) is 5.15. The Balaban J connectivity index is 2.10. The van der Waals surface area contributed by atoms with Crippen LogP contribution in [0.3, 0.4) is 0 Å². The number of anilines is 2. The van der Waals surface area contributed by atoms with Crippen molar-refractivity contribution >= 4 is 34.3 Å². The van der Waals surface area contributed by atoms with Crippen LogP contribution in [0.15, 0.2) is 58.6 Å². The Hall–Kier alpha value is -3.36. The number of aromatic hydroxyl groups is 1. The number of phenolic OH excluding ortho intramolecular Hbond substituents is 1. The van der Waals surface area contributed by atoms with E-state index in [1.54, 1.807) is 18.2 Å². The van der Waals surface area contributed by atoms with Gasteiger partial charge in [-0.1, -0.05) is 18.2 Å². The number of phenols is 1. The molecule has 1 aliphatic rings. The van der Waals surface area contributed by atoms with Crippen molar-refractivity contribution in [3.63, 3.8) is 0 Å². The molecule has 9 heteroatoms. The molecule has 0 radical (unpaired) electrons.